The second-order valence-corrected chi connectivity index (χ2v) is 9.87. The molecule has 2 aliphatic heterocycles. The molecule has 0 spiro atoms. The van der Waals surface area contributed by atoms with Crippen LogP contribution >= 0.6 is 11.8 Å². The zero-order valence-corrected chi connectivity index (χ0v) is 17.0. The summed E-state index contributed by atoms with van der Waals surface area (Å²) in [6.45, 7) is 0.690. The van der Waals surface area contributed by atoms with Gasteiger partial charge in [0, 0.05) is 32.2 Å². The SMILES string of the molecule is CN(C)CCN(C(=O)C(=O)NCCN1C(=O)CSC1=O)C1CCS(=O)(=O)C1. The van der Waals surface area contributed by atoms with Crippen molar-refractivity contribution in [2.24, 2.45) is 0 Å². The van der Waals surface area contributed by atoms with Gasteiger partial charge in [-0.1, -0.05) is 11.8 Å². The van der Waals surface area contributed by atoms with Crippen LogP contribution in [0.15, 0.2) is 0 Å². The third kappa shape index (κ3) is 5.91. The minimum atomic E-state index is -3.20. The number of hydrogen-bond acceptors (Lipinski definition) is 8. The highest BCUT2D eigenvalue weighted by Gasteiger charge is 2.37. The van der Waals surface area contributed by atoms with Gasteiger partial charge in [0.05, 0.1) is 17.3 Å². The van der Waals surface area contributed by atoms with E-state index in [-0.39, 0.29) is 48.0 Å². The van der Waals surface area contributed by atoms with E-state index in [1.54, 1.807) is 0 Å². The van der Waals surface area contributed by atoms with Gasteiger partial charge in [-0.15, -0.1) is 0 Å². The second-order valence-electron chi connectivity index (χ2n) is 6.71. The van der Waals surface area contributed by atoms with Gasteiger partial charge in [0.15, 0.2) is 9.84 Å². The lowest BCUT2D eigenvalue weighted by atomic mass is 10.2. The van der Waals surface area contributed by atoms with Gasteiger partial charge in [0.25, 0.3) is 5.24 Å². The Morgan fingerprint density at radius 2 is 1.96 bits per heavy atom. The average molecular weight is 421 g/mol. The predicted octanol–water partition coefficient (Wildman–Crippen LogP) is -1.62. The first-order valence-corrected chi connectivity index (χ1v) is 11.3. The van der Waals surface area contributed by atoms with E-state index in [4.69, 9.17) is 0 Å². The predicted molar refractivity (Wildman–Crippen MR) is 99.9 cm³/mol. The molecule has 12 heteroatoms. The summed E-state index contributed by atoms with van der Waals surface area (Å²) in [5.74, 6) is -2.05. The lowest BCUT2D eigenvalue weighted by molar-refractivity contribution is -0.147. The highest BCUT2D eigenvalue weighted by Crippen LogP contribution is 2.19. The van der Waals surface area contributed by atoms with Gasteiger partial charge in [-0.3, -0.25) is 24.1 Å². The van der Waals surface area contributed by atoms with Crippen molar-refractivity contribution in [3.8, 4) is 0 Å². The first-order valence-electron chi connectivity index (χ1n) is 8.52. The number of nitrogens with zero attached hydrogens (tertiary/aromatic N) is 3. The maximum atomic E-state index is 12.6. The lowest BCUT2D eigenvalue weighted by Gasteiger charge is -2.29. The summed E-state index contributed by atoms with van der Waals surface area (Å²) in [7, 11) is 0.430. The van der Waals surface area contributed by atoms with Gasteiger partial charge < -0.3 is 15.1 Å². The van der Waals surface area contributed by atoms with Crippen LogP contribution in [0, 0.1) is 0 Å². The summed E-state index contributed by atoms with van der Waals surface area (Å²) in [4.78, 5) is 52.0. The van der Waals surface area contributed by atoms with E-state index < -0.39 is 27.7 Å². The molecule has 27 heavy (non-hydrogen) atoms. The minimum absolute atomic E-state index is 0.000801. The number of likely N-dealkylation sites (N-methyl/N-ethyl adjacent to an activating group) is 1. The average Bonchev–Trinajstić information content (AvgIpc) is 3.10. The highest BCUT2D eigenvalue weighted by molar-refractivity contribution is 8.14. The lowest BCUT2D eigenvalue weighted by Crippen LogP contribution is -2.51. The van der Waals surface area contributed by atoms with Gasteiger partial charge in [-0.2, -0.15) is 0 Å². The zero-order valence-electron chi connectivity index (χ0n) is 15.3. The van der Waals surface area contributed by atoms with Gasteiger partial charge in [0.1, 0.15) is 0 Å². The molecule has 2 saturated heterocycles. The molecule has 0 saturated carbocycles. The molecule has 2 fully saturated rings. The maximum Gasteiger partial charge on any atom is 0.312 e. The van der Waals surface area contributed by atoms with Gasteiger partial charge in [-0.05, 0) is 20.5 Å². The monoisotopic (exact) mass is 420 g/mol. The van der Waals surface area contributed by atoms with Crippen molar-refractivity contribution < 1.29 is 27.6 Å². The van der Waals surface area contributed by atoms with Crippen LogP contribution in [0.3, 0.4) is 0 Å². The summed E-state index contributed by atoms with van der Waals surface area (Å²) < 4.78 is 23.5. The number of rotatable bonds is 7. The molecule has 0 bridgehead atoms. The van der Waals surface area contributed by atoms with Crippen LogP contribution in [0.25, 0.3) is 0 Å². The summed E-state index contributed by atoms with van der Waals surface area (Å²) in [5.41, 5.74) is 0. The van der Waals surface area contributed by atoms with E-state index in [2.05, 4.69) is 5.32 Å². The molecule has 0 aromatic carbocycles. The van der Waals surface area contributed by atoms with Gasteiger partial charge >= 0.3 is 11.8 Å². The number of nitrogens with one attached hydrogen (secondary N) is 1. The molecule has 1 unspecified atom stereocenters. The highest BCUT2D eigenvalue weighted by atomic mass is 32.2. The molecule has 1 N–H and O–H groups in total. The van der Waals surface area contributed by atoms with E-state index in [0.717, 1.165) is 16.7 Å². The Hall–Kier alpha value is -1.66. The van der Waals surface area contributed by atoms with Crippen LogP contribution in [0.2, 0.25) is 0 Å². The standard InChI is InChI=1S/C15H24N4O6S2/c1-17(2)6-7-18(11-3-8-27(24,25)10-11)14(22)13(21)16-4-5-19-12(20)9-26-15(19)23/h11H,3-10H2,1-2H3,(H,16,21). The molecule has 0 aromatic heterocycles. The fraction of sp³-hybridized carbons (Fsp3) is 0.733. The molecule has 0 aromatic rings. The third-order valence-corrected chi connectivity index (χ3v) is 6.96. The van der Waals surface area contributed by atoms with E-state index in [1.165, 1.54) is 4.90 Å². The van der Waals surface area contributed by atoms with Crippen molar-refractivity contribution in [3.05, 3.63) is 0 Å². The normalized spacial score (nSPS) is 21.7. The van der Waals surface area contributed by atoms with Gasteiger partial charge in [0.2, 0.25) is 5.91 Å². The molecule has 10 nitrogen and oxygen atoms in total. The van der Waals surface area contributed by atoms with Crippen molar-refractivity contribution in [1.29, 1.82) is 0 Å². The van der Waals surface area contributed by atoms with Crippen LogP contribution in [-0.4, -0.2) is 110 Å². The van der Waals surface area contributed by atoms with Gasteiger partial charge in [-0.25, -0.2) is 8.42 Å². The molecule has 0 radical (unpaired) electrons. The Bertz CT molecular complexity index is 708. The number of carbonyl (C=O) groups is 4. The zero-order chi connectivity index (χ0) is 20.2. The first kappa shape index (κ1) is 21.6. The topological polar surface area (TPSA) is 124 Å². The van der Waals surface area contributed by atoms with Crippen molar-refractivity contribution in [3.63, 3.8) is 0 Å². The Kier molecular flexibility index (Phi) is 7.23. The smallest absolute Gasteiger partial charge is 0.312 e. The largest absolute Gasteiger partial charge is 0.346 e. The van der Waals surface area contributed by atoms with Crippen molar-refractivity contribution in [2.75, 3.05) is 57.5 Å². The molecule has 152 valence electrons. The number of thioether (sulfide) groups is 1. The number of sulfone groups is 1. The van der Waals surface area contributed by atoms with E-state index in [1.807, 2.05) is 19.0 Å². The summed E-state index contributed by atoms with van der Waals surface area (Å²) in [5, 5.41) is 2.04. The Balaban J connectivity index is 1.93. The molecular weight excluding hydrogens is 396 g/mol. The fourth-order valence-electron chi connectivity index (χ4n) is 2.86. The molecule has 2 heterocycles. The Labute approximate surface area is 162 Å². The van der Waals surface area contributed by atoms with E-state index in [9.17, 15) is 27.6 Å². The fourth-order valence-corrected chi connectivity index (χ4v) is 5.35. The van der Waals surface area contributed by atoms with Crippen LogP contribution in [0.5, 0.6) is 0 Å². The third-order valence-electron chi connectivity index (χ3n) is 4.35. The Morgan fingerprint density at radius 3 is 2.48 bits per heavy atom. The molecular formula is C15H24N4O6S2. The van der Waals surface area contributed by atoms with E-state index >= 15 is 0 Å². The second kappa shape index (κ2) is 9.02. The first-order chi connectivity index (χ1) is 12.6. The number of imide groups is 1. The molecule has 4 amide bonds. The van der Waals surface area contributed by atoms with Crippen LogP contribution in [0.1, 0.15) is 6.42 Å². The van der Waals surface area contributed by atoms with Crippen molar-refractivity contribution >= 4 is 44.6 Å². The van der Waals surface area contributed by atoms with Crippen molar-refractivity contribution in [1.82, 2.24) is 20.0 Å². The Morgan fingerprint density at radius 1 is 1.26 bits per heavy atom. The summed E-state index contributed by atoms with van der Waals surface area (Å²) in [6, 6.07) is -0.522. The number of hydrogen-bond donors (Lipinski definition) is 1. The number of amides is 4. The van der Waals surface area contributed by atoms with E-state index in [0.29, 0.717) is 13.0 Å². The molecule has 2 aliphatic rings. The van der Waals surface area contributed by atoms with Crippen LogP contribution in [0.4, 0.5) is 4.79 Å². The minimum Gasteiger partial charge on any atom is -0.346 e. The molecule has 2 rings (SSSR count). The van der Waals surface area contributed by atoms with Crippen LogP contribution in [-0.2, 0) is 24.2 Å². The summed E-state index contributed by atoms with van der Waals surface area (Å²) >= 11 is 0.897. The van der Waals surface area contributed by atoms with Crippen LogP contribution < -0.4 is 5.32 Å². The number of carbonyl (C=O) groups excluding carboxylic acids is 4. The quantitative estimate of drug-likeness (QED) is 0.487. The maximum absolute atomic E-state index is 12.6. The summed E-state index contributed by atoms with van der Waals surface area (Å²) in [6.07, 6.45) is 0.308. The van der Waals surface area contributed by atoms with Crippen molar-refractivity contribution in [2.45, 2.75) is 12.5 Å². The molecule has 1 atom stereocenters. The molecule has 0 aliphatic carbocycles.